The molecule has 4 rings (SSSR count). The first-order chi connectivity index (χ1) is 14.8. The lowest BCUT2D eigenvalue weighted by molar-refractivity contribution is 0.618. The van der Waals surface area contributed by atoms with Gasteiger partial charge in [0.05, 0.1) is 18.2 Å². The summed E-state index contributed by atoms with van der Waals surface area (Å²) >= 11 is 0. The average molecular weight is 393 g/mol. The second-order valence-corrected chi connectivity index (χ2v) is 7.20. The van der Waals surface area contributed by atoms with Crippen LogP contribution < -0.4 is 0 Å². The van der Waals surface area contributed by atoms with Crippen molar-refractivity contribution < 1.29 is 0 Å². The average Bonchev–Trinajstić information content (AvgIpc) is 3.21. The Hall–Kier alpha value is -3.78. The zero-order valence-corrected chi connectivity index (χ0v) is 17.0. The molecule has 0 N–H and O–H groups in total. The molecule has 5 heteroatoms. The van der Waals surface area contributed by atoms with Gasteiger partial charge in [-0.1, -0.05) is 55.8 Å². The van der Waals surface area contributed by atoms with Crippen molar-refractivity contribution in [2.45, 2.75) is 32.7 Å². The fourth-order valence-corrected chi connectivity index (χ4v) is 3.44. The van der Waals surface area contributed by atoms with Gasteiger partial charge in [0.1, 0.15) is 5.82 Å². The van der Waals surface area contributed by atoms with Crippen LogP contribution in [0.25, 0.3) is 22.5 Å². The van der Waals surface area contributed by atoms with Crippen molar-refractivity contribution >= 4 is 0 Å². The summed E-state index contributed by atoms with van der Waals surface area (Å²) < 4.78 is 2.00. The fourth-order valence-electron chi connectivity index (χ4n) is 3.44. The Labute approximate surface area is 176 Å². The predicted molar refractivity (Wildman–Crippen MR) is 118 cm³/mol. The summed E-state index contributed by atoms with van der Waals surface area (Å²) in [6.45, 7) is 2.85. The summed E-state index contributed by atoms with van der Waals surface area (Å²) in [5, 5.41) is 14.1. The van der Waals surface area contributed by atoms with Gasteiger partial charge in [0.15, 0.2) is 5.82 Å². The number of aromatic nitrogens is 4. The molecule has 0 aliphatic carbocycles. The van der Waals surface area contributed by atoms with E-state index >= 15 is 0 Å². The zero-order chi connectivity index (χ0) is 20.8. The molecule has 2 aromatic heterocycles. The van der Waals surface area contributed by atoms with Gasteiger partial charge in [-0.05, 0) is 41.3 Å². The molecule has 0 aliphatic rings. The summed E-state index contributed by atoms with van der Waals surface area (Å²) in [7, 11) is 0. The SMILES string of the molecule is CCCCc1nc(-c2ccncc2)nn1Cc1ccc(-c2ccccc2C#N)cc1. The fraction of sp³-hybridized carbons (Fsp3) is 0.200. The number of benzene rings is 2. The van der Waals surface area contributed by atoms with Gasteiger partial charge in [0.2, 0.25) is 0 Å². The Bertz CT molecular complexity index is 1150. The topological polar surface area (TPSA) is 67.4 Å². The highest BCUT2D eigenvalue weighted by molar-refractivity contribution is 5.70. The number of hydrogen-bond acceptors (Lipinski definition) is 4. The maximum absolute atomic E-state index is 9.35. The number of aryl methyl sites for hydroxylation is 1. The molecule has 0 saturated heterocycles. The molecule has 5 nitrogen and oxygen atoms in total. The van der Waals surface area contributed by atoms with Gasteiger partial charge < -0.3 is 0 Å². The number of hydrogen-bond donors (Lipinski definition) is 0. The molecule has 2 heterocycles. The Morgan fingerprint density at radius 1 is 0.933 bits per heavy atom. The van der Waals surface area contributed by atoms with Crippen LogP contribution in [0.5, 0.6) is 0 Å². The number of nitriles is 1. The van der Waals surface area contributed by atoms with Crippen molar-refractivity contribution in [1.29, 1.82) is 5.26 Å². The summed E-state index contributed by atoms with van der Waals surface area (Å²) in [4.78, 5) is 8.87. The molecule has 4 aromatic rings. The van der Waals surface area contributed by atoms with Gasteiger partial charge in [-0.15, -0.1) is 0 Å². The van der Waals surface area contributed by atoms with Crippen LogP contribution in [-0.4, -0.2) is 19.7 Å². The third kappa shape index (κ3) is 4.28. The normalized spacial score (nSPS) is 10.7. The summed E-state index contributed by atoms with van der Waals surface area (Å²) in [6, 6.07) is 22.1. The molecule has 30 heavy (non-hydrogen) atoms. The minimum absolute atomic E-state index is 0.664. The quantitative estimate of drug-likeness (QED) is 0.429. The number of pyridine rings is 1. The highest BCUT2D eigenvalue weighted by Gasteiger charge is 2.12. The maximum Gasteiger partial charge on any atom is 0.181 e. The highest BCUT2D eigenvalue weighted by Crippen LogP contribution is 2.24. The Kier molecular flexibility index (Phi) is 5.95. The molecule has 2 aromatic carbocycles. The Balaban J connectivity index is 1.60. The van der Waals surface area contributed by atoms with Crippen LogP contribution in [0.3, 0.4) is 0 Å². The third-order valence-corrected chi connectivity index (χ3v) is 5.09. The molecule has 0 amide bonds. The van der Waals surface area contributed by atoms with E-state index in [9.17, 15) is 5.26 Å². The molecule has 0 unspecified atom stereocenters. The van der Waals surface area contributed by atoms with Crippen LogP contribution in [0, 0.1) is 11.3 Å². The van der Waals surface area contributed by atoms with Crippen molar-refractivity contribution in [2.24, 2.45) is 0 Å². The van der Waals surface area contributed by atoms with Crippen molar-refractivity contribution in [3.63, 3.8) is 0 Å². The van der Waals surface area contributed by atoms with E-state index in [1.54, 1.807) is 12.4 Å². The molecule has 0 aliphatic heterocycles. The molecular formula is C25H23N5. The second kappa shape index (κ2) is 9.15. The Morgan fingerprint density at radius 3 is 2.43 bits per heavy atom. The smallest absolute Gasteiger partial charge is 0.181 e. The lowest BCUT2D eigenvalue weighted by Gasteiger charge is -2.08. The lowest BCUT2D eigenvalue weighted by Crippen LogP contribution is -2.07. The number of nitrogens with zero attached hydrogens (tertiary/aromatic N) is 5. The molecule has 0 saturated carbocycles. The van der Waals surface area contributed by atoms with Crippen molar-refractivity contribution in [3.05, 3.63) is 90.0 Å². The Morgan fingerprint density at radius 2 is 1.70 bits per heavy atom. The second-order valence-electron chi connectivity index (χ2n) is 7.20. The minimum Gasteiger partial charge on any atom is -0.265 e. The first kappa shape index (κ1) is 19.5. The van der Waals surface area contributed by atoms with E-state index in [1.165, 1.54) is 0 Å². The number of unbranched alkanes of at least 4 members (excludes halogenated alkanes) is 1. The molecule has 0 radical (unpaired) electrons. The molecule has 0 atom stereocenters. The zero-order valence-electron chi connectivity index (χ0n) is 17.0. The first-order valence-electron chi connectivity index (χ1n) is 10.2. The predicted octanol–water partition coefficient (Wildman–Crippen LogP) is 5.27. The van der Waals surface area contributed by atoms with E-state index in [1.807, 2.05) is 41.1 Å². The molecule has 0 spiro atoms. The van der Waals surface area contributed by atoms with Gasteiger partial charge in [0, 0.05) is 24.4 Å². The van der Waals surface area contributed by atoms with Gasteiger partial charge in [0.25, 0.3) is 0 Å². The van der Waals surface area contributed by atoms with Gasteiger partial charge in [-0.2, -0.15) is 10.4 Å². The summed E-state index contributed by atoms with van der Waals surface area (Å²) in [6.07, 6.45) is 6.63. The van der Waals surface area contributed by atoms with Crippen LogP contribution in [0.1, 0.15) is 36.7 Å². The highest BCUT2D eigenvalue weighted by atomic mass is 15.3. The number of rotatable bonds is 7. The van der Waals surface area contributed by atoms with Crippen molar-refractivity contribution in [1.82, 2.24) is 19.7 Å². The van der Waals surface area contributed by atoms with Crippen molar-refractivity contribution in [2.75, 3.05) is 0 Å². The van der Waals surface area contributed by atoms with Crippen LogP contribution >= 0.6 is 0 Å². The lowest BCUT2D eigenvalue weighted by atomic mass is 9.99. The van der Waals surface area contributed by atoms with E-state index in [2.05, 4.69) is 42.2 Å². The third-order valence-electron chi connectivity index (χ3n) is 5.09. The van der Waals surface area contributed by atoms with Crippen LogP contribution in [-0.2, 0) is 13.0 Å². The standard InChI is InChI=1S/C25H23N5/c1-2-3-8-24-28-25(21-13-15-27-16-14-21)29-30(24)18-19-9-11-20(12-10-19)23-7-5-4-6-22(23)17-26/h4-7,9-16H,2-3,8,18H2,1H3. The summed E-state index contributed by atoms with van der Waals surface area (Å²) in [5.41, 5.74) is 4.81. The van der Waals surface area contributed by atoms with E-state index in [4.69, 9.17) is 10.1 Å². The molecular weight excluding hydrogens is 370 g/mol. The first-order valence-corrected chi connectivity index (χ1v) is 10.2. The van der Waals surface area contributed by atoms with Gasteiger partial charge >= 0.3 is 0 Å². The monoisotopic (exact) mass is 393 g/mol. The van der Waals surface area contributed by atoms with E-state index < -0.39 is 0 Å². The molecule has 148 valence electrons. The molecule has 0 fully saturated rings. The van der Waals surface area contributed by atoms with E-state index in [0.717, 1.165) is 53.2 Å². The maximum atomic E-state index is 9.35. The summed E-state index contributed by atoms with van der Waals surface area (Å²) in [5.74, 6) is 1.74. The van der Waals surface area contributed by atoms with Crippen LogP contribution in [0.15, 0.2) is 73.1 Å². The van der Waals surface area contributed by atoms with Crippen LogP contribution in [0.2, 0.25) is 0 Å². The minimum atomic E-state index is 0.664. The molecule has 0 bridgehead atoms. The van der Waals surface area contributed by atoms with E-state index in [-0.39, 0.29) is 0 Å². The van der Waals surface area contributed by atoms with Gasteiger partial charge in [-0.3, -0.25) is 4.98 Å². The van der Waals surface area contributed by atoms with E-state index in [0.29, 0.717) is 12.1 Å². The van der Waals surface area contributed by atoms with Crippen LogP contribution in [0.4, 0.5) is 0 Å². The van der Waals surface area contributed by atoms with Gasteiger partial charge in [-0.25, -0.2) is 9.67 Å². The largest absolute Gasteiger partial charge is 0.265 e. The van der Waals surface area contributed by atoms with Crippen molar-refractivity contribution in [3.8, 4) is 28.6 Å².